The lowest BCUT2D eigenvalue weighted by atomic mass is 9.86. The molecule has 0 aliphatic heterocycles. The van der Waals surface area contributed by atoms with Crippen molar-refractivity contribution in [3.05, 3.63) is 11.6 Å². The number of allylic oxidation sites excluding steroid dienone is 2. The lowest BCUT2D eigenvalue weighted by molar-refractivity contribution is -0.143. The lowest BCUT2D eigenvalue weighted by Gasteiger charge is -2.18. The number of carbonyl (C=O) groups excluding carboxylic acids is 2. The summed E-state index contributed by atoms with van der Waals surface area (Å²) >= 11 is 0. The van der Waals surface area contributed by atoms with E-state index in [1.807, 2.05) is 6.08 Å². The molecule has 0 spiro atoms. The van der Waals surface area contributed by atoms with Gasteiger partial charge in [-0.1, -0.05) is 6.08 Å². The van der Waals surface area contributed by atoms with Crippen molar-refractivity contribution in [3.8, 4) is 0 Å². The Kier molecular flexibility index (Phi) is 3.23. The van der Waals surface area contributed by atoms with E-state index in [9.17, 15) is 9.59 Å². The molecule has 1 rings (SSSR count). The van der Waals surface area contributed by atoms with Gasteiger partial charge in [-0.15, -0.1) is 0 Å². The molecule has 0 aromatic heterocycles. The van der Waals surface area contributed by atoms with Crippen LogP contribution >= 0.6 is 0 Å². The van der Waals surface area contributed by atoms with Crippen LogP contribution in [0, 0.1) is 5.92 Å². The van der Waals surface area contributed by atoms with Gasteiger partial charge in [0.1, 0.15) is 0 Å². The fourth-order valence-electron chi connectivity index (χ4n) is 1.53. The Morgan fingerprint density at radius 1 is 1.69 bits per heavy atom. The number of hydrogen-bond acceptors (Lipinski definition) is 3. The predicted molar refractivity (Wildman–Crippen MR) is 48.1 cm³/mol. The summed E-state index contributed by atoms with van der Waals surface area (Å²) in [5.74, 6) is -0.359. The van der Waals surface area contributed by atoms with Crippen LogP contribution in [-0.2, 0) is 14.3 Å². The first-order valence-electron chi connectivity index (χ1n) is 4.43. The third-order valence-electron chi connectivity index (χ3n) is 2.37. The lowest BCUT2D eigenvalue weighted by Crippen LogP contribution is -2.22. The summed E-state index contributed by atoms with van der Waals surface area (Å²) in [6.45, 7) is 1.80. The summed E-state index contributed by atoms with van der Waals surface area (Å²) in [6, 6.07) is 0. The van der Waals surface area contributed by atoms with E-state index >= 15 is 0 Å². The Bertz CT molecular complexity index is 253. The van der Waals surface area contributed by atoms with E-state index in [0.29, 0.717) is 0 Å². The predicted octanol–water partition coefficient (Wildman–Crippen LogP) is 1.47. The van der Waals surface area contributed by atoms with Crippen LogP contribution in [0.5, 0.6) is 0 Å². The normalized spacial score (nSPS) is 22.5. The van der Waals surface area contributed by atoms with E-state index < -0.39 is 0 Å². The van der Waals surface area contributed by atoms with Gasteiger partial charge in [0.05, 0.1) is 13.5 Å². The molecule has 0 saturated heterocycles. The molecule has 72 valence electrons. The molecule has 0 amide bonds. The zero-order chi connectivity index (χ0) is 9.84. The summed E-state index contributed by atoms with van der Waals surface area (Å²) < 4.78 is 4.53. The molecule has 13 heavy (non-hydrogen) atoms. The highest BCUT2D eigenvalue weighted by Crippen LogP contribution is 2.23. The summed E-state index contributed by atoms with van der Waals surface area (Å²) in [4.78, 5) is 22.4. The molecular formula is C10H14O3. The van der Waals surface area contributed by atoms with Crippen molar-refractivity contribution in [2.75, 3.05) is 7.11 Å². The Hall–Kier alpha value is -1.12. The number of esters is 1. The summed E-state index contributed by atoms with van der Waals surface area (Å²) in [5, 5.41) is 0. The minimum absolute atomic E-state index is 0.0941. The van der Waals surface area contributed by atoms with Crippen LogP contribution in [0.25, 0.3) is 0 Å². The third kappa shape index (κ3) is 2.41. The van der Waals surface area contributed by atoms with Crippen molar-refractivity contribution in [2.45, 2.75) is 26.2 Å². The largest absolute Gasteiger partial charge is 0.469 e. The van der Waals surface area contributed by atoms with E-state index in [-0.39, 0.29) is 24.1 Å². The molecule has 3 heteroatoms. The van der Waals surface area contributed by atoms with Crippen LogP contribution in [0.15, 0.2) is 11.6 Å². The van der Waals surface area contributed by atoms with E-state index in [2.05, 4.69) is 4.74 Å². The smallest absolute Gasteiger partial charge is 0.306 e. The number of Topliss-reactive ketones (excluding diaryl/α,β-unsaturated/α-hetero) is 1. The minimum atomic E-state index is -0.298. The zero-order valence-corrected chi connectivity index (χ0v) is 8.00. The van der Waals surface area contributed by atoms with Crippen LogP contribution in [0.2, 0.25) is 0 Å². The molecule has 1 aliphatic carbocycles. The number of rotatable bonds is 2. The molecule has 1 unspecified atom stereocenters. The molecule has 0 N–H and O–H groups in total. The molecular weight excluding hydrogens is 168 g/mol. The Morgan fingerprint density at radius 2 is 2.38 bits per heavy atom. The first-order valence-corrected chi connectivity index (χ1v) is 4.43. The molecule has 1 atom stereocenters. The second kappa shape index (κ2) is 4.21. The van der Waals surface area contributed by atoms with Gasteiger partial charge >= 0.3 is 5.97 Å². The van der Waals surface area contributed by atoms with E-state index in [1.165, 1.54) is 7.11 Å². The average Bonchev–Trinajstić information content (AvgIpc) is 2.13. The van der Waals surface area contributed by atoms with Gasteiger partial charge in [-0.05, 0) is 25.3 Å². The van der Waals surface area contributed by atoms with Crippen LogP contribution in [-0.4, -0.2) is 18.9 Å². The molecule has 1 aliphatic rings. The van der Waals surface area contributed by atoms with Gasteiger partial charge in [-0.25, -0.2) is 0 Å². The number of carbonyl (C=O) groups is 2. The molecule has 0 aromatic rings. The second-order valence-corrected chi connectivity index (χ2v) is 3.31. The fraction of sp³-hybridized carbons (Fsp3) is 0.600. The zero-order valence-electron chi connectivity index (χ0n) is 8.00. The third-order valence-corrected chi connectivity index (χ3v) is 2.37. The number of ether oxygens (including phenoxy) is 1. The first-order chi connectivity index (χ1) is 6.15. The van der Waals surface area contributed by atoms with Crippen LogP contribution in [0.3, 0.4) is 0 Å². The maximum atomic E-state index is 11.5. The van der Waals surface area contributed by atoms with Gasteiger partial charge in [0.2, 0.25) is 0 Å². The van der Waals surface area contributed by atoms with Gasteiger partial charge in [-0.2, -0.15) is 0 Å². The van der Waals surface area contributed by atoms with Gasteiger partial charge in [0.15, 0.2) is 5.78 Å². The highest BCUT2D eigenvalue weighted by Gasteiger charge is 2.25. The van der Waals surface area contributed by atoms with Crippen molar-refractivity contribution < 1.29 is 14.3 Å². The topological polar surface area (TPSA) is 43.4 Å². The molecule has 0 bridgehead atoms. The second-order valence-electron chi connectivity index (χ2n) is 3.31. The van der Waals surface area contributed by atoms with Crippen LogP contribution in [0.1, 0.15) is 26.2 Å². The summed E-state index contributed by atoms with van der Waals surface area (Å²) in [5.41, 5.74) is 0.778. The van der Waals surface area contributed by atoms with Gasteiger partial charge in [0, 0.05) is 5.92 Å². The maximum absolute atomic E-state index is 11.5. The summed E-state index contributed by atoms with van der Waals surface area (Å²) in [6.07, 6.45) is 3.81. The highest BCUT2D eigenvalue weighted by atomic mass is 16.5. The van der Waals surface area contributed by atoms with Crippen molar-refractivity contribution in [2.24, 2.45) is 5.92 Å². The number of ketones is 1. The Morgan fingerprint density at radius 3 is 3.00 bits per heavy atom. The standard InChI is InChI=1S/C10H14O3/c1-7-4-3-5-8(10(7)12)6-9(11)13-2/h4,8H,3,5-6H2,1-2H3. The van der Waals surface area contributed by atoms with Crippen molar-refractivity contribution in [1.82, 2.24) is 0 Å². The van der Waals surface area contributed by atoms with E-state index in [4.69, 9.17) is 0 Å². The maximum Gasteiger partial charge on any atom is 0.306 e. The Labute approximate surface area is 77.8 Å². The number of hydrogen-bond donors (Lipinski definition) is 0. The molecule has 3 nitrogen and oxygen atoms in total. The number of methoxy groups -OCH3 is 1. The van der Waals surface area contributed by atoms with Crippen molar-refractivity contribution in [3.63, 3.8) is 0 Å². The molecule has 0 saturated carbocycles. The average molecular weight is 182 g/mol. The molecule has 0 fully saturated rings. The van der Waals surface area contributed by atoms with Gasteiger partial charge < -0.3 is 4.74 Å². The minimum Gasteiger partial charge on any atom is -0.469 e. The molecule has 0 heterocycles. The molecule has 0 radical (unpaired) electrons. The summed E-state index contributed by atoms with van der Waals surface area (Å²) in [7, 11) is 1.35. The highest BCUT2D eigenvalue weighted by molar-refractivity contribution is 5.98. The van der Waals surface area contributed by atoms with E-state index in [0.717, 1.165) is 18.4 Å². The van der Waals surface area contributed by atoms with Crippen molar-refractivity contribution in [1.29, 1.82) is 0 Å². The van der Waals surface area contributed by atoms with Gasteiger partial charge in [0.25, 0.3) is 0 Å². The molecule has 0 aromatic carbocycles. The monoisotopic (exact) mass is 182 g/mol. The van der Waals surface area contributed by atoms with Crippen LogP contribution < -0.4 is 0 Å². The SMILES string of the molecule is COC(=O)CC1CCC=C(C)C1=O. The van der Waals surface area contributed by atoms with E-state index in [1.54, 1.807) is 6.92 Å². The fourth-order valence-corrected chi connectivity index (χ4v) is 1.53. The first kappa shape index (κ1) is 9.96. The Balaban J connectivity index is 2.57. The van der Waals surface area contributed by atoms with Gasteiger partial charge in [-0.3, -0.25) is 9.59 Å². The quantitative estimate of drug-likeness (QED) is 0.607. The van der Waals surface area contributed by atoms with Crippen LogP contribution in [0.4, 0.5) is 0 Å². The van der Waals surface area contributed by atoms with Crippen molar-refractivity contribution >= 4 is 11.8 Å².